The Balaban J connectivity index is 3.60. The fraction of sp³-hybridized carbons (Fsp3) is 0.333. The Labute approximate surface area is 71.0 Å². The molecule has 0 N–H and O–H groups in total. The van der Waals surface area contributed by atoms with Gasteiger partial charge in [0.25, 0.3) is 0 Å². The highest BCUT2D eigenvalue weighted by molar-refractivity contribution is 7.16. The third-order valence-corrected chi connectivity index (χ3v) is 1.51. The highest BCUT2D eigenvalue weighted by atomic mass is 31.0. The maximum Gasteiger partial charge on any atom is 0.118 e. The van der Waals surface area contributed by atoms with Crippen molar-refractivity contribution in [1.82, 2.24) is 0 Å². The Bertz CT molecular complexity index is 150. The second kappa shape index (κ2) is 7.56. The van der Waals surface area contributed by atoms with Crippen molar-refractivity contribution in [3.63, 3.8) is 0 Å². The van der Waals surface area contributed by atoms with Crippen LogP contribution >= 0.6 is 9.24 Å². The van der Waals surface area contributed by atoms with Crippen LogP contribution in [0.5, 0.6) is 0 Å². The molecule has 0 radical (unpaired) electrons. The maximum atomic E-state index is 5.33. The number of rotatable bonds is 6. The van der Waals surface area contributed by atoms with Gasteiger partial charge in [0.05, 0.1) is 6.61 Å². The minimum Gasteiger partial charge on any atom is -0.494 e. The smallest absolute Gasteiger partial charge is 0.118 e. The topological polar surface area (TPSA) is 9.23 Å². The van der Waals surface area contributed by atoms with Gasteiger partial charge in [0, 0.05) is 0 Å². The van der Waals surface area contributed by atoms with E-state index in [-0.39, 0.29) is 0 Å². The first-order valence-electron chi connectivity index (χ1n) is 3.63. The van der Waals surface area contributed by atoms with Gasteiger partial charge in [-0.3, -0.25) is 0 Å². The van der Waals surface area contributed by atoms with E-state index in [4.69, 9.17) is 4.74 Å². The van der Waals surface area contributed by atoms with Crippen molar-refractivity contribution in [2.45, 2.75) is 6.42 Å². The molecule has 0 aliphatic rings. The second-order valence-electron chi connectivity index (χ2n) is 2.00. The summed E-state index contributed by atoms with van der Waals surface area (Å²) in [6.07, 6.45) is 7.30. The van der Waals surface area contributed by atoms with Crippen molar-refractivity contribution in [2.24, 2.45) is 0 Å². The Hall–Kier alpha value is -0.550. The zero-order chi connectivity index (χ0) is 8.53. The van der Waals surface area contributed by atoms with Crippen molar-refractivity contribution < 1.29 is 4.74 Å². The largest absolute Gasteiger partial charge is 0.494 e. The fourth-order valence-corrected chi connectivity index (χ4v) is 0.731. The van der Waals surface area contributed by atoms with Crippen molar-refractivity contribution in [3.8, 4) is 0 Å². The summed E-state index contributed by atoms with van der Waals surface area (Å²) >= 11 is 0. The molecule has 0 rings (SSSR count). The van der Waals surface area contributed by atoms with E-state index in [2.05, 4.69) is 22.4 Å². The highest BCUT2D eigenvalue weighted by Crippen LogP contribution is 2.00. The molecule has 0 aromatic rings. The van der Waals surface area contributed by atoms with E-state index in [1.165, 1.54) is 0 Å². The number of ether oxygens (including phenoxy) is 1. The third-order valence-electron chi connectivity index (χ3n) is 1.10. The van der Waals surface area contributed by atoms with Gasteiger partial charge in [-0.2, -0.15) is 0 Å². The molecule has 0 fully saturated rings. The van der Waals surface area contributed by atoms with Gasteiger partial charge >= 0.3 is 0 Å². The predicted octanol–water partition coefficient (Wildman–Crippen LogP) is 2.52. The molecule has 0 bridgehead atoms. The van der Waals surface area contributed by atoms with Crippen LogP contribution in [0.1, 0.15) is 6.42 Å². The van der Waals surface area contributed by atoms with Crippen LogP contribution in [0.15, 0.2) is 37.1 Å². The monoisotopic (exact) mass is 170 g/mol. The summed E-state index contributed by atoms with van der Waals surface area (Å²) in [6, 6.07) is 0. The van der Waals surface area contributed by atoms with Crippen LogP contribution < -0.4 is 0 Å². The van der Waals surface area contributed by atoms with Gasteiger partial charge in [-0.15, -0.1) is 9.24 Å². The summed E-state index contributed by atoms with van der Waals surface area (Å²) in [6.45, 7) is 7.93. The molecular formula is C9H15OP. The summed E-state index contributed by atoms with van der Waals surface area (Å²) in [4.78, 5) is 0. The van der Waals surface area contributed by atoms with Crippen molar-refractivity contribution >= 4 is 9.24 Å². The molecule has 1 unspecified atom stereocenters. The van der Waals surface area contributed by atoms with E-state index in [0.29, 0.717) is 0 Å². The molecule has 0 spiro atoms. The van der Waals surface area contributed by atoms with Crippen LogP contribution in [0, 0.1) is 0 Å². The Morgan fingerprint density at radius 2 is 2.18 bits per heavy atom. The SMILES string of the molecule is C=C/C=C(\C=C)OCCCP. The molecule has 1 atom stereocenters. The molecule has 2 heteroatoms. The van der Waals surface area contributed by atoms with Crippen molar-refractivity contribution in [3.05, 3.63) is 37.1 Å². The van der Waals surface area contributed by atoms with E-state index in [1.807, 2.05) is 0 Å². The normalized spacial score (nSPS) is 10.8. The predicted molar refractivity (Wildman–Crippen MR) is 53.6 cm³/mol. The quantitative estimate of drug-likeness (QED) is 0.257. The van der Waals surface area contributed by atoms with Gasteiger partial charge in [0.2, 0.25) is 0 Å². The number of hydrogen-bond donors (Lipinski definition) is 0. The van der Waals surface area contributed by atoms with Crippen LogP contribution in [0.3, 0.4) is 0 Å². The minimum absolute atomic E-state index is 0.745. The van der Waals surface area contributed by atoms with Crippen LogP contribution in [0.25, 0.3) is 0 Å². The van der Waals surface area contributed by atoms with Crippen molar-refractivity contribution in [1.29, 1.82) is 0 Å². The highest BCUT2D eigenvalue weighted by Gasteiger charge is 1.88. The Morgan fingerprint density at radius 1 is 1.45 bits per heavy atom. The first-order valence-corrected chi connectivity index (χ1v) is 4.44. The van der Waals surface area contributed by atoms with E-state index < -0.39 is 0 Å². The van der Waals surface area contributed by atoms with Crippen LogP contribution in [0.2, 0.25) is 0 Å². The van der Waals surface area contributed by atoms with Crippen molar-refractivity contribution in [2.75, 3.05) is 12.8 Å². The average molecular weight is 170 g/mol. The molecule has 62 valence electrons. The maximum absolute atomic E-state index is 5.33. The molecule has 0 saturated carbocycles. The third kappa shape index (κ3) is 5.87. The first-order chi connectivity index (χ1) is 5.35. The van der Waals surface area contributed by atoms with Crippen LogP contribution in [-0.4, -0.2) is 12.8 Å². The van der Waals surface area contributed by atoms with Gasteiger partial charge in [0.1, 0.15) is 5.76 Å². The zero-order valence-electron chi connectivity index (χ0n) is 6.75. The molecule has 1 nitrogen and oxygen atoms in total. The van der Waals surface area contributed by atoms with Gasteiger partial charge < -0.3 is 4.74 Å². The fourth-order valence-electron chi connectivity index (χ4n) is 0.565. The second-order valence-corrected chi connectivity index (χ2v) is 2.58. The summed E-state index contributed by atoms with van der Waals surface area (Å²) in [5, 5.41) is 0. The van der Waals surface area contributed by atoms with Gasteiger partial charge in [-0.25, -0.2) is 0 Å². The lowest BCUT2D eigenvalue weighted by Crippen LogP contribution is -1.92. The average Bonchev–Trinajstić information content (AvgIpc) is 2.03. The van der Waals surface area contributed by atoms with E-state index >= 15 is 0 Å². The summed E-state index contributed by atoms with van der Waals surface area (Å²) in [5.41, 5.74) is 0. The summed E-state index contributed by atoms with van der Waals surface area (Å²) < 4.78 is 5.33. The molecule has 0 aromatic carbocycles. The lowest BCUT2D eigenvalue weighted by molar-refractivity contribution is 0.226. The summed E-state index contributed by atoms with van der Waals surface area (Å²) in [7, 11) is 2.66. The molecule has 0 heterocycles. The first kappa shape index (κ1) is 10.4. The zero-order valence-corrected chi connectivity index (χ0v) is 7.91. The van der Waals surface area contributed by atoms with Gasteiger partial charge in [0.15, 0.2) is 0 Å². The number of allylic oxidation sites excluding steroid dienone is 3. The lowest BCUT2D eigenvalue weighted by Gasteiger charge is -2.03. The molecule has 11 heavy (non-hydrogen) atoms. The lowest BCUT2D eigenvalue weighted by atomic mass is 10.4. The number of hydrogen-bond acceptors (Lipinski definition) is 1. The molecular weight excluding hydrogens is 155 g/mol. The Kier molecular flexibility index (Phi) is 7.18. The minimum atomic E-state index is 0.745. The van der Waals surface area contributed by atoms with Crippen LogP contribution in [0.4, 0.5) is 0 Å². The van der Waals surface area contributed by atoms with E-state index in [0.717, 1.165) is 24.9 Å². The van der Waals surface area contributed by atoms with E-state index in [1.54, 1.807) is 18.2 Å². The molecule has 0 amide bonds. The summed E-state index contributed by atoms with van der Waals surface area (Å²) in [5.74, 6) is 0.790. The molecule has 0 aliphatic heterocycles. The molecule has 0 aromatic heterocycles. The standard InChI is InChI=1S/C9H15OP/c1-3-6-9(4-2)10-7-5-8-11/h3-4,6H,1-2,5,7-8,11H2/b9-6+. The Morgan fingerprint density at radius 3 is 2.64 bits per heavy atom. The van der Waals surface area contributed by atoms with E-state index in [9.17, 15) is 0 Å². The van der Waals surface area contributed by atoms with Gasteiger partial charge in [-0.05, 0) is 24.7 Å². The molecule has 0 saturated heterocycles. The van der Waals surface area contributed by atoms with Crippen LogP contribution in [-0.2, 0) is 4.74 Å². The van der Waals surface area contributed by atoms with Gasteiger partial charge in [-0.1, -0.05) is 19.2 Å². The molecule has 0 aliphatic carbocycles.